The average Bonchev–Trinajstić information content (AvgIpc) is 2.65. The van der Waals surface area contributed by atoms with Gasteiger partial charge in [-0.1, -0.05) is 45.0 Å². The van der Waals surface area contributed by atoms with E-state index in [-0.39, 0.29) is 17.4 Å². The van der Waals surface area contributed by atoms with Gasteiger partial charge in [0.05, 0.1) is 6.54 Å². The molecule has 0 saturated carbocycles. The Bertz CT molecular complexity index is 780. The van der Waals surface area contributed by atoms with Gasteiger partial charge in [-0.2, -0.15) is 0 Å². The standard InChI is InChI=1S/C22H27NO4/c1-15(26-17-11-9-16(10-12-17)22(2,3)4)21(24)23-13-18-14-25-19-7-5-6-8-20(19)27-18/h5-12,15,18H,13-14H2,1-4H3,(H,23,24). The predicted molar refractivity (Wildman–Crippen MR) is 105 cm³/mol. The van der Waals surface area contributed by atoms with Crippen LogP contribution in [0.25, 0.3) is 0 Å². The summed E-state index contributed by atoms with van der Waals surface area (Å²) in [6.45, 7) is 8.99. The van der Waals surface area contributed by atoms with Gasteiger partial charge in [0.15, 0.2) is 17.6 Å². The number of carbonyl (C=O) groups excluding carboxylic acids is 1. The molecule has 2 unspecified atom stereocenters. The number of rotatable bonds is 5. The molecule has 3 rings (SSSR count). The number of ether oxygens (including phenoxy) is 3. The van der Waals surface area contributed by atoms with Crippen molar-refractivity contribution in [2.45, 2.75) is 45.3 Å². The second kappa shape index (κ2) is 7.91. The summed E-state index contributed by atoms with van der Waals surface area (Å²) in [4.78, 5) is 12.3. The molecule has 1 aliphatic heterocycles. The van der Waals surface area contributed by atoms with Crippen molar-refractivity contribution in [3.8, 4) is 17.2 Å². The maximum atomic E-state index is 12.3. The predicted octanol–water partition coefficient (Wildman–Crippen LogP) is 3.71. The number of nitrogens with one attached hydrogen (secondary N) is 1. The van der Waals surface area contributed by atoms with E-state index in [9.17, 15) is 4.79 Å². The lowest BCUT2D eigenvalue weighted by Gasteiger charge is -2.27. The third kappa shape index (κ3) is 4.94. The third-order valence-electron chi connectivity index (χ3n) is 4.47. The van der Waals surface area contributed by atoms with Gasteiger partial charge in [0, 0.05) is 0 Å². The minimum atomic E-state index is -0.595. The highest BCUT2D eigenvalue weighted by molar-refractivity contribution is 5.80. The summed E-state index contributed by atoms with van der Waals surface area (Å²) in [6, 6.07) is 15.4. The molecule has 1 amide bonds. The van der Waals surface area contributed by atoms with E-state index in [4.69, 9.17) is 14.2 Å². The first kappa shape index (κ1) is 19.1. The van der Waals surface area contributed by atoms with Gasteiger partial charge in [-0.25, -0.2) is 0 Å². The van der Waals surface area contributed by atoms with E-state index in [1.165, 1.54) is 5.56 Å². The Morgan fingerprint density at radius 3 is 2.48 bits per heavy atom. The van der Waals surface area contributed by atoms with Crippen molar-refractivity contribution in [2.75, 3.05) is 13.2 Å². The molecular formula is C22H27NO4. The van der Waals surface area contributed by atoms with Gasteiger partial charge in [0.1, 0.15) is 18.5 Å². The van der Waals surface area contributed by atoms with E-state index in [1.807, 2.05) is 48.5 Å². The Balaban J connectivity index is 1.48. The summed E-state index contributed by atoms with van der Waals surface area (Å²) < 4.78 is 17.3. The first-order valence-corrected chi connectivity index (χ1v) is 9.26. The summed E-state index contributed by atoms with van der Waals surface area (Å²) in [7, 11) is 0. The minimum Gasteiger partial charge on any atom is -0.486 e. The van der Waals surface area contributed by atoms with Crippen LogP contribution < -0.4 is 19.5 Å². The molecule has 0 aromatic heterocycles. The highest BCUT2D eigenvalue weighted by Gasteiger charge is 2.23. The molecule has 2 aromatic rings. The Labute approximate surface area is 160 Å². The molecule has 0 fully saturated rings. The number of hydrogen-bond acceptors (Lipinski definition) is 4. The summed E-state index contributed by atoms with van der Waals surface area (Å²) in [5.74, 6) is 1.93. The molecule has 2 aromatic carbocycles. The summed E-state index contributed by atoms with van der Waals surface area (Å²) in [6.07, 6.45) is -0.815. The molecule has 1 aliphatic rings. The Morgan fingerprint density at radius 2 is 1.81 bits per heavy atom. The minimum absolute atomic E-state index is 0.0855. The largest absolute Gasteiger partial charge is 0.486 e. The molecule has 2 atom stereocenters. The number of fused-ring (bicyclic) bond motifs is 1. The van der Waals surface area contributed by atoms with E-state index in [1.54, 1.807) is 6.92 Å². The first-order chi connectivity index (χ1) is 12.8. The second-order valence-electron chi connectivity index (χ2n) is 7.78. The van der Waals surface area contributed by atoms with Crippen molar-refractivity contribution in [3.05, 3.63) is 54.1 Å². The number of hydrogen-bond donors (Lipinski definition) is 1. The molecule has 5 nitrogen and oxygen atoms in total. The zero-order valence-electron chi connectivity index (χ0n) is 16.3. The first-order valence-electron chi connectivity index (χ1n) is 9.26. The number of amides is 1. The van der Waals surface area contributed by atoms with Crippen molar-refractivity contribution >= 4 is 5.91 Å². The van der Waals surface area contributed by atoms with Crippen molar-refractivity contribution in [3.63, 3.8) is 0 Å². The molecule has 0 saturated heterocycles. The fraction of sp³-hybridized carbons (Fsp3) is 0.409. The van der Waals surface area contributed by atoms with Crippen LogP contribution in [-0.4, -0.2) is 31.3 Å². The van der Waals surface area contributed by atoms with Crippen LogP contribution in [0.4, 0.5) is 0 Å². The van der Waals surface area contributed by atoms with Gasteiger partial charge in [0.2, 0.25) is 0 Å². The van der Waals surface area contributed by atoms with Gasteiger partial charge >= 0.3 is 0 Å². The lowest BCUT2D eigenvalue weighted by Crippen LogP contribution is -2.44. The van der Waals surface area contributed by atoms with Crippen LogP contribution in [0.3, 0.4) is 0 Å². The van der Waals surface area contributed by atoms with Crippen LogP contribution in [0.2, 0.25) is 0 Å². The van der Waals surface area contributed by atoms with Gasteiger partial charge in [-0.05, 0) is 42.2 Å². The lowest BCUT2D eigenvalue weighted by molar-refractivity contribution is -0.127. The smallest absolute Gasteiger partial charge is 0.260 e. The van der Waals surface area contributed by atoms with E-state index in [2.05, 4.69) is 26.1 Å². The Morgan fingerprint density at radius 1 is 1.15 bits per heavy atom. The monoisotopic (exact) mass is 369 g/mol. The fourth-order valence-electron chi connectivity index (χ4n) is 2.81. The molecule has 1 N–H and O–H groups in total. The van der Waals surface area contributed by atoms with Crippen molar-refractivity contribution in [1.29, 1.82) is 0 Å². The molecule has 0 radical (unpaired) electrons. The van der Waals surface area contributed by atoms with Crippen LogP contribution in [0.5, 0.6) is 17.2 Å². The number of para-hydroxylation sites is 2. The zero-order chi connectivity index (χ0) is 19.4. The summed E-state index contributed by atoms with van der Waals surface area (Å²) in [5, 5.41) is 2.87. The molecule has 0 bridgehead atoms. The fourth-order valence-corrected chi connectivity index (χ4v) is 2.81. The van der Waals surface area contributed by atoms with E-state index in [0.29, 0.717) is 24.7 Å². The van der Waals surface area contributed by atoms with Crippen LogP contribution in [0.15, 0.2) is 48.5 Å². The third-order valence-corrected chi connectivity index (χ3v) is 4.47. The topological polar surface area (TPSA) is 56.8 Å². The molecule has 0 aliphatic carbocycles. The van der Waals surface area contributed by atoms with E-state index in [0.717, 1.165) is 5.75 Å². The van der Waals surface area contributed by atoms with Crippen molar-refractivity contribution in [2.24, 2.45) is 0 Å². The maximum absolute atomic E-state index is 12.3. The Hall–Kier alpha value is -2.69. The SMILES string of the molecule is CC(Oc1ccc(C(C)(C)C)cc1)C(=O)NCC1COc2ccccc2O1. The van der Waals surface area contributed by atoms with E-state index >= 15 is 0 Å². The molecule has 144 valence electrons. The van der Waals surface area contributed by atoms with Crippen molar-refractivity contribution in [1.82, 2.24) is 5.32 Å². The highest BCUT2D eigenvalue weighted by atomic mass is 16.6. The van der Waals surface area contributed by atoms with Crippen LogP contribution in [0.1, 0.15) is 33.3 Å². The second-order valence-corrected chi connectivity index (χ2v) is 7.78. The van der Waals surface area contributed by atoms with Gasteiger partial charge in [0.25, 0.3) is 5.91 Å². The lowest BCUT2D eigenvalue weighted by atomic mass is 9.87. The zero-order valence-corrected chi connectivity index (χ0v) is 16.3. The molecule has 5 heteroatoms. The van der Waals surface area contributed by atoms with Crippen LogP contribution in [0, 0.1) is 0 Å². The van der Waals surface area contributed by atoms with Crippen molar-refractivity contribution < 1.29 is 19.0 Å². The maximum Gasteiger partial charge on any atom is 0.260 e. The van der Waals surface area contributed by atoms with Gasteiger partial charge in [-0.3, -0.25) is 4.79 Å². The quantitative estimate of drug-likeness (QED) is 0.873. The molecule has 1 heterocycles. The van der Waals surface area contributed by atoms with E-state index < -0.39 is 6.10 Å². The highest BCUT2D eigenvalue weighted by Crippen LogP contribution is 2.30. The molecule has 27 heavy (non-hydrogen) atoms. The average molecular weight is 369 g/mol. The molecular weight excluding hydrogens is 342 g/mol. The molecule has 0 spiro atoms. The normalized spacial score (nSPS) is 17.1. The van der Waals surface area contributed by atoms with Crippen LogP contribution >= 0.6 is 0 Å². The van der Waals surface area contributed by atoms with Gasteiger partial charge < -0.3 is 19.5 Å². The Kier molecular flexibility index (Phi) is 5.59. The summed E-state index contributed by atoms with van der Waals surface area (Å²) in [5.41, 5.74) is 1.31. The summed E-state index contributed by atoms with van der Waals surface area (Å²) >= 11 is 0. The number of benzene rings is 2. The van der Waals surface area contributed by atoms with Crippen LogP contribution in [-0.2, 0) is 10.2 Å². The number of carbonyl (C=O) groups is 1. The van der Waals surface area contributed by atoms with Gasteiger partial charge in [-0.15, -0.1) is 0 Å².